The summed E-state index contributed by atoms with van der Waals surface area (Å²) in [6.45, 7) is 6.77. The normalized spacial score (nSPS) is 11.6. The zero-order valence-electron chi connectivity index (χ0n) is 12.3. The van der Waals surface area contributed by atoms with E-state index in [0.29, 0.717) is 13.0 Å². The van der Waals surface area contributed by atoms with Crippen molar-refractivity contribution in [2.75, 3.05) is 6.54 Å². The number of carbonyl (C=O) groups excluding carboxylic acids is 1. The molecule has 0 bridgehead atoms. The zero-order chi connectivity index (χ0) is 14.3. The maximum Gasteiger partial charge on any atom is 0.220 e. The lowest BCUT2D eigenvalue weighted by Crippen LogP contribution is -2.52. The van der Waals surface area contributed by atoms with E-state index in [1.165, 1.54) is 9.75 Å². The van der Waals surface area contributed by atoms with Crippen LogP contribution in [-0.2, 0) is 11.2 Å². The van der Waals surface area contributed by atoms with Crippen molar-refractivity contribution < 1.29 is 4.79 Å². The summed E-state index contributed by atoms with van der Waals surface area (Å²) in [7, 11) is 0. The van der Waals surface area contributed by atoms with E-state index in [1.807, 2.05) is 11.3 Å². The molecule has 0 saturated carbocycles. The minimum Gasteiger partial charge on any atom is -0.349 e. The molecule has 19 heavy (non-hydrogen) atoms. The molecule has 1 amide bonds. The van der Waals surface area contributed by atoms with Crippen LogP contribution in [0.15, 0.2) is 12.1 Å². The van der Waals surface area contributed by atoms with E-state index in [2.05, 4.69) is 38.2 Å². The number of carbonyl (C=O) groups is 1. The molecule has 1 aromatic rings. The van der Waals surface area contributed by atoms with Crippen LogP contribution >= 0.6 is 11.3 Å². The smallest absolute Gasteiger partial charge is 0.220 e. The summed E-state index contributed by atoms with van der Waals surface area (Å²) in [4.78, 5) is 14.7. The maximum atomic E-state index is 12.0. The van der Waals surface area contributed by atoms with Crippen LogP contribution in [0.3, 0.4) is 0 Å². The van der Waals surface area contributed by atoms with E-state index < -0.39 is 0 Å². The molecule has 0 aliphatic carbocycles. The van der Waals surface area contributed by atoms with Gasteiger partial charge in [0.15, 0.2) is 0 Å². The number of thiophene rings is 1. The van der Waals surface area contributed by atoms with E-state index in [9.17, 15) is 4.79 Å². The SMILES string of the molecule is CCC(CC)(CN)NC(=O)CCCc1ccc(C)s1. The Labute approximate surface area is 120 Å². The van der Waals surface area contributed by atoms with Gasteiger partial charge in [0.2, 0.25) is 5.91 Å². The Bertz CT molecular complexity index is 388. The Hall–Kier alpha value is -0.870. The van der Waals surface area contributed by atoms with E-state index in [4.69, 9.17) is 5.73 Å². The molecule has 0 atom stereocenters. The predicted octanol–water partition coefficient (Wildman–Crippen LogP) is 3.01. The van der Waals surface area contributed by atoms with Crippen LogP contribution in [0.4, 0.5) is 0 Å². The highest BCUT2D eigenvalue weighted by Crippen LogP contribution is 2.18. The topological polar surface area (TPSA) is 55.1 Å². The molecule has 0 aliphatic heterocycles. The van der Waals surface area contributed by atoms with Gasteiger partial charge in [0.25, 0.3) is 0 Å². The van der Waals surface area contributed by atoms with Crippen molar-refractivity contribution in [1.29, 1.82) is 0 Å². The lowest BCUT2D eigenvalue weighted by molar-refractivity contribution is -0.123. The van der Waals surface area contributed by atoms with Crippen molar-refractivity contribution in [3.63, 3.8) is 0 Å². The van der Waals surface area contributed by atoms with Crippen molar-refractivity contribution in [2.45, 2.75) is 58.4 Å². The first kappa shape index (κ1) is 16.2. The molecule has 0 saturated heterocycles. The van der Waals surface area contributed by atoms with Crippen LogP contribution in [0.2, 0.25) is 0 Å². The van der Waals surface area contributed by atoms with Crippen LogP contribution in [0.5, 0.6) is 0 Å². The van der Waals surface area contributed by atoms with E-state index in [1.54, 1.807) is 0 Å². The van der Waals surface area contributed by atoms with Crippen molar-refractivity contribution >= 4 is 17.2 Å². The standard InChI is InChI=1S/C15H26N2OS/c1-4-15(5-2,11-16)17-14(18)8-6-7-13-10-9-12(3)19-13/h9-10H,4-8,11,16H2,1-3H3,(H,17,18). The fourth-order valence-corrected chi connectivity index (χ4v) is 3.10. The van der Waals surface area contributed by atoms with Gasteiger partial charge in [0.1, 0.15) is 0 Å². The lowest BCUT2D eigenvalue weighted by atomic mass is 9.92. The summed E-state index contributed by atoms with van der Waals surface area (Å²) in [5.74, 6) is 0.127. The Morgan fingerprint density at radius 1 is 1.37 bits per heavy atom. The zero-order valence-corrected chi connectivity index (χ0v) is 13.1. The van der Waals surface area contributed by atoms with Crippen LogP contribution in [0.1, 0.15) is 49.3 Å². The number of hydrogen-bond donors (Lipinski definition) is 2. The molecule has 0 aromatic carbocycles. The van der Waals surface area contributed by atoms with Crippen LogP contribution in [-0.4, -0.2) is 18.0 Å². The fraction of sp³-hybridized carbons (Fsp3) is 0.667. The molecule has 3 nitrogen and oxygen atoms in total. The molecule has 0 spiro atoms. The van der Waals surface area contributed by atoms with E-state index >= 15 is 0 Å². The third-order valence-electron chi connectivity index (χ3n) is 3.77. The molecule has 0 aliphatic rings. The summed E-state index contributed by atoms with van der Waals surface area (Å²) in [5, 5.41) is 3.11. The summed E-state index contributed by atoms with van der Waals surface area (Å²) < 4.78 is 0. The van der Waals surface area contributed by atoms with Crippen LogP contribution in [0.25, 0.3) is 0 Å². The fourth-order valence-electron chi connectivity index (χ4n) is 2.17. The van der Waals surface area contributed by atoms with E-state index in [-0.39, 0.29) is 11.4 Å². The quantitative estimate of drug-likeness (QED) is 0.770. The largest absolute Gasteiger partial charge is 0.349 e. The Morgan fingerprint density at radius 3 is 2.53 bits per heavy atom. The second kappa shape index (κ2) is 7.65. The molecule has 1 heterocycles. The van der Waals surface area contributed by atoms with Gasteiger partial charge in [-0.1, -0.05) is 13.8 Å². The van der Waals surface area contributed by atoms with Crippen LogP contribution < -0.4 is 11.1 Å². The van der Waals surface area contributed by atoms with Gasteiger partial charge in [-0.15, -0.1) is 11.3 Å². The molecule has 1 rings (SSSR count). The molecular weight excluding hydrogens is 256 g/mol. The van der Waals surface area contributed by atoms with Gasteiger partial charge in [-0.25, -0.2) is 0 Å². The third kappa shape index (κ3) is 4.96. The molecule has 4 heteroatoms. The number of aryl methyl sites for hydroxylation is 2. The average Bonchev–Trinajstić information content (AvgIpc) is 2.82. The third-order valence-corrected chi connectivity index (χ3v) is 4.83. The Balaban J connectivity index is 2.35. The number of amides is 1. The van der Waals surface area contributed by atoms with Gasteiger partial charge in [-0.2, -0.15) is 0 Å². The van der Waals surface area contributed by atoms with Gasteiger partial charge >= 0.3 is 0 Å². The van der Waals surface area contributed by atoms with Crippen molar-refractivity contribution in [3.05, 3.63) is 21.9 Å². The molecule has 3 N–H and O–H groups in total. The molecule has 0 radical (unpaired) electrons. The second-order valence-corrected chi connectivity index (χ2v) is 6.48. The maximum absolute atomic E-state index is 12.0. The Morgan fingerprint density at radius 2 is 2.05 bits per heavy atom. The highest BCUT2D eigenvalue weighted by molar-refractivity contribution is 7.11. The minimum atomic E-state index is -0.212. The number of nitrogens with one attached hydrogen (secondary N) is 1. The number of nitrogens with two attached hydrogens (primary N) is 1. The second-order valence-electron chi connectivity index (χ2n) is 5.11. The number of rotatable bonds is 8. The van der Waals surface area contributed by atoms with Crippen molar-refractivity contribution in [3.8, 4) is 0 Å². The van der Waals surface area contributed by atoms with E-state index in [0.717, 1.165) is 25.7 Å². The first-order chi connectivity index (χ1) is 9.05. The minimum absolute atomic E-state index is 0.127. The highest BCUT2D eigenvalue weighted by Gasteiger charge is 2.25. The molecule has 1 aromatic heterocycles. The van der Waals surface area contributed by atoms with Gasteiger partial charge in [-0.3, -0.25) is 4.79 Å². The van der Waals surface area contributed by atoms with Crippen LogP contribution in [0, 0.1) is 6.92 Å². The molecule has 0 fully saturated rings. The molecule has 0 unspecified atom stereocenters. The highest BCUT2D eigenvalue weighted by atomic mass is 32.1. The summed E-state index contributed by atoms with van der Waals surface area (Å²) in [6, 6.07) is 4.29. The average molecular weight is 282 g/mol. The van der Waals surface area contributed by atoms with Gasteiger partial charge in [0.05, 0.1) is 5.54 Å². The van der Waals surface area contributed by atoms with Gasteiger partial charge in [-0.05, 0) is 44.7 Å². The summed E-state index contributed by atoms with van der Waals surface area (Å²) in [5.41, 5.74) is 5.57. The molecular formula is C15H26N2OS. The number of hydrogen-bond acceptors (Lipinski definition) is 3. The monoisotopic (exact) mass is 282 g/mol. The van der Waals surface area contributed by atoms with Gasteiger partial charge in [0, 0.05) is 22.7 Å². The lowest BCUT2D eigenvalue weighted by Gasteiger charge is -2.31. The summed E-state index contributed by atoms with van der Waals surface area (Å²) >= 11 is 1.81. The van der Waals surface area contributed by atoms with Gasteiger partial charge < -0.3 is 11.1 Å². The first-order valence-corrected chi connectivity index (χ1v) is 7.93. The summed E-state index contributed by atoms with van der Waals surface area (Å²) in [6.07, 6.45) is 4.24. The first-order valence-electron chi connectivity index (χ1n) is 7.11. The molecule has 108 valence electrons. The van der Waals surface area contributed by atoms with Crippen molar-refractivity contribution in [2.24, 2.45) is 5.73 Å². The predicted molar refractivity (Wildman–Crippen MR) is 82.5 cm³/mol. The Kier molecular flexibility index (Phi) is 6.52. The van der Waals surface area contributed by atoms with Crippen molar-refractivity contribution in [1.82, 2.24) is 5.32 Å².